The van der Waals surface area contributed by atoms with E-state index in [9.17, 15) is 27.6 Å². The summed E-state index contributed by atoms with van der Waals surface area (Å²) < 4.78 is 73.8. The zero-order valence-electron chi connectivity index (χ0n) is 38.8. The minimum absolute atomic E-state index is 0.159. The molecule has 0 amide bonds. The van der Waals surface area contributed by atoms with Gasteiger partial charge in [-0.15, -0.1) is 0 Å². The lowest BCUT2D eigenvalue weighted by Gasteiger charge is -2.18. The molecule has 0 radical (unpaired) electrons. The lowest BCUT2D eigenvalue weighted by Crippen LogP contribution is -2.27. The van der Waals surface area contributed by atoms with E-state index in [1.807, 2.05) is 0 Å². The minimum atomic E-state index is -0.488. The third-order valence-electron chi connectivity index (χ3n) is 10.9. The Morgan fingerprint density at radius 1 is 0.364 bits per heavy atom. The van der Waals surface area contributed by atoms with Gasteiger partial charge in [0.2, 0.25) is 0 Å². The Balaban J connectivity index is 1.22. The molecule has 3 rings (SSSR count). The van der Waals surface area contributed by atoms with Crippen molar-refractivity contribution in [1.82, 2.24) is 0 Å². The quantitative estimate of drug-likeness (QED) is 0.0240. The number of hydrogen-bond donors (Lipinski definition) is 0. The van der Waals surface area contributed by atoms with Crippen LogP contribution in [0.1, 0.15) is 132 Å². The lowest BCUT2D eigenvalue weighted by atomic mass is 10.1. The largest absolute Gasteiger partial charge is 0.462 e. The molecule has 0 fully saturated rings. The molecular weight excluding hydrogens is 850 g/mol. The number of unbranched alkanes of at least 4 members (excludes halogenated alkanes) is 15. The van der Waals surface area contributed by atoms with Crippen molar-refractivity contribution in [2.24, 2.45) is 0 Å². The van der Waals surface area contributed by atoms with Crippen molar-refractivity contribution in [2.45, 2.75) is 122 Å². The predicted molar refractivity (Wildman–Crippen MR) is 254 cm³/mol. The summed E-state index contributed by atoms with van der Waals surface area (Å²) in [5.74, 6) is -2.57. The zero-order chi connectivity index (χ0) is 47.6. The van der Waals surface area contributed by atoms with Gasteiger partial charge in [0.15, 0.2) is 0 Å². The van der Waals surface area contributed by atoms with Crippen molar-refractivity contribution < 1.29 is 56.0 Å². The third kappa shape index (κ3) is 24.5. The SMILES string of the molecule is C=C(C(=O)OCCCCCCCCOCC(COCCCCCCCCOC(=O)C(=C)c1ccc(F)cc1)OCCCCCCCCOC(=O)C(=C)c1ccc(F)cc1)c1ccc(F)cc1. The number of carbonyl (C=O) groups excluding carboxylic acids is 3. The van der Waals surface area contributed by atoms with Gasteiger partial charge in [0.05, 0.1) is 49.8 Å². The van der Waals surface area contributed by atoms with Gasteiger partial charge in [-0.05, 0) is 91.6 Å². The standard InChI is InChI=1S/C54H71F3O9/c1-42(45-22-28-48(55)29-23-45)52(58)64-37-19-13-6-4-10-16-34-61-40-51(63-36-18-12-8-9-15-21-39-66-54(60)44(3)47-26-32-50(57)33-27-47)41-62-35-17-11-5-7-14-20-38-65-53(59)43(2)46-24-30-49(56)31-25-46/h22-33,51H,1-21,34-41H2. The van der Waals surface area contributed by atoms with E-state index >= 15 is 0 Å². The topological polar surface area (TPSA) is 107 Å². The monoisotopic (exact) mass is 921 g/mol. The highest BCUT2D eigenvalue weighted by Crippen LogP contribution is 2.18. The number of rotatable bonds is 38. The Morgan fingerprint density at radius 2 is 0.606 bits per heavy atom. The summed E-state index contributed by atoms with van der Waals surface area (Å²) in [6.45, 7) is 15.1. The zero-order valence-corrected chi connectivity index (χ0v) is 38.8. The number of esters is 3. The molecule has 0 heterocycles. The van der Waals surface area contributed by atoms with E-state index in [2.05, 4.69) is 19.7 Å². The molecule has 0 aliphatic rings. The maximum absolute atomic E-state index is 13.2. The van der Waals surface area contributed by atoms with Crippen molar-refractivity contribution in [2.75, 3.05) is 52.9 Å². The summed E-state index contributed by atoms with van der Waals surface area (Å²) in [7, 11) is 0. The Kier molecular flexibility index (Phi) is 28.7. The average Bonchev–Trinajstić information content (AvgIpc) is 3.32. The summed E-state index contributed by atoms with van der Waals surface area (Å²) in [6, 6.07) is 16.8. The smallest absolute Gasteiger partial charge is 0.338 e. The molecule has 0 aromatic heterocycles. The second kappa shape index (κ2) is 34.3. The predicted octanol–water partition coefficient (Wildman–Crippen LogP) is 12.6. The van der Waals surface area contributed by atoms with Crippen LogP contribution >= 0.6 is 0 Å². The third-order valence-corrected chi connectivity index (χ3v) is 10.9. The minimum Gasteiger partial charge on any atom is -0.462 e. The van der Waals surface area contributed by atoms with Crippen LogP contribution in [-0.2, 0) is 42.8 Å². The first-order valence-electron chi connectivity index (χ1n) is 23.7. The lowest BCUT2D eigenvalue weighted by molar-refractivity contribution is -0.137. The fraction of sp³-hybridized carbons (Fsp3) is 0.500. The summed E-state index contributed by atoms with van der Waals surface area (Å²) in [4.78, 5) is 36.8. The van der Waals surface area contributed by atoms with Gasteiger partial charge in [0.1, 0.15) is 23.6 Å². The number of benzene rings is 3. The highest BCUT2D eigenvalue weighted by Gasteiger charge is 2.14. The summed E-state index contributed by atoms with van der Waals surface area (Å²) in [5.41, 5.74) is 2.30. The van der Waals surface area contributed by atoms with E-state index < -0.39 is 17.9 Å². The molecule has 3 aromatic rings. The van der Waals surface area contributed by atoms with Crippen molar-refractivity contribution in [3.05, 3.63) is 127 Å². The van der Waals surface area contributed by atoms with Crippen LogP contribution in [0.5, 0.6) is 0 Å². The fourth-order valence-electron chi connectivity index (χ4n) is 6.82. The highest BCUT2D eigenvalue weighted by atomic mass is 19.1. The maximum atomic E-state index is 13.2. The first-order valence-corrected chi connectivity index (χ1v) is 23.7. The van der Waals surface area contributed by atoms with Gasteiger partial charge in [0.25, 0.3) is 0 Å². The molecular formula is C54H71F3O9. The molecule has 0 aliphatic carbocycles. The molecule has 12 heteroatoms. The summed E-state index contributed by atoms with van der Waals surface area (Å²) in [5, 5.41) is 0. The second-order valence-corrected chi connectivity index (χ2v) is 16.4. The molecule has 0 aliphatic heterocycles. The summed E-state index contributed by atoms with van der Waals surface area (Å²) >= 11 is 0. The number of halogens is 3. The first-order chi connectivity index (χ1) is 32.0. The number of hydrogen-bond acceptors (Lipinski definition) is 9. The van der Waals surface area contributed by atoms with Crippen LogP contribution < -0.4 is 0 Å². The summed E-state index contributed by atoms with van der Waals surface area (Å²) in [6.07, 6.45) is 17.1. The van der Waals surface area contributed by atoms with Crippen LogP contribution in [0.4, 0.5) is 13.2 Å². The molecule has 0 spiro atoms. The van der Waals surface area contributed by atoms with E-state index in [0.29, 0.717) is 69.5 Å². The Morgan fingerprint density at radius 3 is 0.894 bits per heavy atom. The first kappa shape index (κ1) is 55.3. The van der Waals surface area contributed by atoms with Crippen LogP contribution in [-0.4, -0.2) is 76.9 Å². The molecule has 362 valence electrons. The van der Waals surface area contributed by atoms with Crippen molar-refractivity contribution in [1.29, 1.82) is 0 Å². The van der Waals surface area contributed by atoms with E-state index in [0.717, 1.165) is 116 Å². The van der Waals surface area contributed by atoms with E-state index in [1.165, 1.54) is 72.8 Å². The fourth-order valence-corrected chi connectivity index (χ4v) is 6.82. The molecule has 0 N–H and O–H groups in total. The Hall–Kier alpha value is -5.04. The van der Waals surface area contributed by atoms with Crippen LogP contribution in [0.2, 0.25) is 0 Å². The van der Waals surface area contributed by atoms with Crippen molar-refractivity contribution in [3.8, 4) is 0 Å². The molecule has 3 aromatic carbocycles. The van der Waals surface area contributed by atoms with Crippen molar-refractivity contribution >= 4 is 34.6 Å². The van der Waals surface area contributed by atoms with Gasteiger partial charge < -0.3 is 28.4 Å². The van der Waals surface area contributed by atoms with Crippen LogP contribution in [0.15, 0.2) is 92.5 Å². The molecule has 66 heavy (non-hydrogen) atoms. The molecule has 9 nitrogen and oxygen atoms in total. The van der Waals surface area contributed by atoms with E-state index in [-0.39, 0.29) is 40.3 Å². The Bertz CT molecular complexity index is 1770. The van der Waals surface area contributed by atoms with Gasteiger partial charge in [-0.2, -0.15) is 0 Å². The maximum Gasteiger partial charge on any atom is 0.338 e. The normalized spacial score (nSPS) is 11.1. The number of ether oxygens (including phenoxy) is 6. The molecule has 0 bridgehead atoms. The van der Waals surface area contributed by atoms with Crippen LogP contribution in [0, 0.1) is 17.5 Å². The second-order valence-electron chi connectivity index (χ2n) is 16.4. The molecule has 0 saturated carbocycles. The van der Waals surface area contributed by atoms with Gasteiger partial charge >= 0.3 is 17.9 Å². The van der Waals surface area contributed by atoms with Gasteiger partial charge in [0, 0.05) is 19.8 Å². The Labute approximate surface area is 390 Å². The van der Waals surface area contributed by atoms with Gasteiger partial charge in [-0.1, -0.05) is 133 Å². The molecule has 0 unspecified atom stereocenters. The van der Waals surface area contributed by atoms with Crippen LogP contribution in [0.3, 0.4) is 0 Å². The average molecular weight is 921 g/mol. The number of carbonyl (C=O) groups is 3. The van der Waals surface area contributed by atoms with E-state index in [1.54, 1.807) is 0 Å². The van der Waals surface area contributed by atoms with Gasteiger partial charge in [-0.25, -0.2) is 27.6 Å². The molecule has 0 atom stereocenters. The van der Waals surface area contributed by atoms with E-state index in [4.69, 9.17) is 28.4 Å². The highest BCUT2D eigenvalue weighted by molar-refractivity contribution is 6.16. The molecule has 0 saturated heterocycles. The van der Waals surface area contributed by atoms with Gasteiger partial charge in [-0.3, -0.25) is 0 Å². The van der Waals surface area contributed by atoms with Crippen LogP contribution in [0.25, 0.3) is 16.7 Å². The van der Waals surface area contributed by atoms with Crippen molar-refractivity contribution in [3.63, 3.8) is 0 Å².